The molecule has 0 fully saturated rings. The number of carbonyl (C=O) groups is 1. The highest BCUT2D eigenvalue weighted by molar-refractivity contribution is 5.83. The van der Waals surface area contributed by atoms with E-state index < -0.39 is 0 Å². The van der Waals surface area contributed by atoms with Crippen LogP contribution in [-0.2, 0) is 4.79 Å². The standard InChI is InChI=1S/C22H25N3O3/c1-13-9-14(2)19-17(10-13)23-20(24-21(19)27)15-7-6-8-16(11-15)28-12-18(26)25-22(3,4)5/h6-11H,12H2,1-5H3,(H,25,26)(H,23,24,27). The van der Waals surface area contributed by atoms with Crippen LogP contribution in [0.3, 0.4) is 0 Å². The molecule has 0 spiro atoms. The van der Waals surface area contributed by atoms with Gasteiger partial charge >= 0.3 is 0 Å². The Labute approximate surface area is 164 Å². The van der Waals surface area contributed by atoms with Crippen LogP contribution in [0.5, 0.6) is 5.75 Å². The first-order valence-corrected chi connectivity index (χ1v) is 9.18. The molecular formula is C22H25N3O3. The summed E-state index contributed by atoms with van der Waals surface area (Å²) in [7, 11) is 0. The zero-order valence-electron chi connectivity index (χ0n) is 16.8. The zero-order chi connectivity index (χ0) is 20.5. The van der Waals surface area contributed by atoms with Crippen molar-refractivity contribution in [3.8, 4) is 17.1 Å². The van der Waals surface area contributed by atoms with Gasteiger partial charge in [-0.05, 0) is 63.9 Å². The van der Waals surface area contributed by atoms with Gasteiger partial charge < -0.3 is 15.0 Å². The van der Waals surface area contributed by atoms with Gasteiger partial charge in [0.25, 0.3) is 11.5 Å². The minimum atomic E-state index is -0.312. The summed E-state index contributed by atoms with van der Waals surface area (Å²) in [6.07, 6.45) is 0. The molecule has 0 atom stereocenters. The van der Waals surface area contributed by atoms with Crippen LogP contribution in [-0.4, -0.2) is 28.0 Å². The van der Waals surface area contributed by atoms with E-state index in [1.807, 2.05) is 52.8 Å². The maximum absolute atomic E-state index is 12.6. The normalized spacial score (nSPS) is 11.5. The quantitative estimate of drug-likeness (QED) is 0.727. The molecule has 0 bridgehead atoms. The van der Waals surface area contributed by atoms with Gasteiger partial charge in [-0.25, -0.2) is 4.98 Å². The lowest BCUT2D eigenvalue weighted by Crippen LogP contribution is -2.43. The Kier molecular flexibility index (Phi) is 5.23. The molecular weight excluding hydrogens is 354 g/mol. The molecule has 0 aliphatic heterocycles. The number of H-pyrrole nitrogens is 1. The van der Waals surface area contributed by atoms with E-state index in [-0.39, 0.29) is 23.6 Å². The molecule has 28 heavy (non-hydrogen) atoms. The molecule has 0 unspecified atom stereocenters. The van der Waals surface area contributed by atoms with Crippen molar-refractivity contribution in [1.29, 1.82) is 0 Å². The number of amides is 1. The summed E-state index contributed by atoms with van der Waals surface area (Å²) in [5, 5.41) is 3.45. The van der Waals surface area contributed by atoms with E-state index >= 15 is 0 Å². The molecule has 3 aromatic rings. The average molecular weight is 379 g/mol. The topological polar surface area (TPSA) is 84.1 Å². The fraction of sp³-hybridized carbons (Fsp3) is 0.318. The Hall–Kier alpha value is -3.15. The Balaban J connectivity index is 1.88. The summed E-state index contributed by atoms with van der Waals surface area (Å²) in [5.41, 5.74) is 2.84. The van der Waals surface area contributed by atoms with E-state index in [4.69, 9.17) is 4.74 Å². The summed E-state index contributed by atoms with van der Waals surface area (Å²) in [4.78, 5) is 32.0. The average Bonchev–Trinajstić information content (AvgIpc) is 2.57. The van der Waals surface area contributed by atoms with Gasteiger partial charge in [0, 0.05) is 11.1 Å². The molecule has 2 aromatic carbocycles. The Morgan fingerprint density at radius 1 is 1.18 bits per heavy atom. The number of ether oxygens (including phenoxy) is 1. The molecule has 0 radical (unpaired) electrons. The predicted octanol–water partition coefficient (Wildman–Crippen LogP) is 3.50. The summed E-state index contributed by atoms with van der Waals surface area (Å²) >= 11 is 0. The van der Waals surface area contributed by atoms with Gasteiger partial charge in [0.1, 0.15) is 11.6 Å². The van der Waals surface area contributed by atoms with Gasteiger partial charge in [0.15, 0.2) is 6.61 Å². The van der Waals surface area contributed by atoms with E-state index in [1.54, 1.807) is 18.2 Å². The second-order valence-corrected chi connectivity index (χ2v) is 8.01. The van der Waals surface area contributed by atoms with Crippen LogP contribution in [0.25, 0.3) is 22.3 Å². The lowest BCUT2D eigenvalue weighted by Gasteiger charge is -2.20. The van der Waals surface area contributed by atoms with Crippen molar-refractivity contribution in [3.05, 3.63) is 57.9 Å². The number of hydrogen-bond acceptors (Lipinski definition) is 4. The number of aromatic nitrogens is 2. The molecule has 0 aliphatic rings. The van der Waals surface area contributed by atoms with E-state index in [0.717, 1.165) is 11.1 Å². The van der Waals surface area contributed by atoms with Crippen LogP contribution < -0.4 is 15.6 Å². The molecule has 2 N–H and O–H groups in total. The number of hydrogen-bond donors (Lipinski definition) is 2. The largest absolute Gasteiger partial charge is 0.484 e. The van der Waals surface area contributed by atoms with Crippen molar-refractivity contribution in [2.24, 2.45) is 0 Å². The summed E-state index contributed by atoms with van der Waals surface area (Å²) in [6, 6.07) is 11.0. The smallest absolute Gasteiger partial charge is 0.259 e. The van der Waals surface area contributed by atoms with Crippen molar-refractivity contribution in [3.63, 3.8) is 0 Å². The second kappa shape index (κ2) is 7.46. The molecule has 1 heterocycles. The van der Waals surface area contributed by atoms with E-state index in [0.29, 0.717) is 28.0 Å². The van der Waals surface area contributed by atoms with Crippen molar-refractivity contribution < 1.29 is 9.53 Å². The monoisotopic (exact) mass is 379 g/mol. The summed E-state index contributed by atoms with van der Waals surface area (Å²) in [5.74, 6) is 0.804. The third kappa shape index (κ3) is 4.57. The molecule has 3 rings (SSSR count). The molecule has 0 saturated heterocycles. The predicted molar refractivity (Wildman–Crippen MR) is 111 cm³/mol. The van der Waals surface area contributed by atoms with Gasteiger partial charge in [-0.2, -0.15) is 0 Å². The maximum atomic E-state index is 12.6. The molecule has 146 valence electrons. The number of nitrogens with one attached hydrogen (secondary N) is 2. The molecule has 1 aromatic heterocycles. The van der Waals surface area contributed by atoms with Crippen LogP contribution in [0.2, 0.25) is 0 Å². The Morgan fingerprint density at radius 2 is 1.93 bits per heavy atom. The van der Waals surface area contributed by atoms with Gasteiger partial charge in [-0.1, -0.05) is 18.2 Å². The number of carbonyl (C=O) groups excluding carboxylic acids is 1. The number of nitrogens with zero attached hydrogens (tertiary/aromatic N) is 1. The van der Waals surface area contributed by atoms with Crippen molar-refractivity contribution in [2.75, 3.05) is 6.61 Å². The SMILES string of the molecule is Cc1cc(C)c2c(=O)[nH]c(-c3cccc(OCC(=O)NC(C)(C)C)c3)nc2c1. The number of rotatable bonds is 4. The Morgan fingerprint density at radius 3 is 2.64 bits per heavy atom. The molecule has 6 heteroatoms. The number of benzene rings is 2. The fourth-order valence-electron chi connectivity index (χ4n) is 3.12. The maximum Gasteiger partial charge on any atom is 0.259 e. The van der Waals surface area contributed by atoms with Gasteiger partial charge in [0.05, 0.1) is 10.9 Å². The summed E-state index contributed by atoms with van der Waals surface area (Å²) in [6.45, 7) is 9.54. The van der Waals surface area contributed by atoms with Crippen LogP contribution >= 0.6 is 0 Å². The molecule has 0 saturated carbocycles. The molecule has 6 nitrogen and oxygen atoms in total. The highest BCUT2D eigenvalue weighted by Gasteiger charge is 2.14. The number of fused-ring (bicyclic) bond motifs is 1. The van der Waals surface area contributed by atoms with Gasteiger partial charge in [-0.3, -0.25) is 9.59 Å². The van der Waals surface area contributed by atoms with E-state index in [2.05, 4.69) is 15.3 Å². The fourth-order valence-corrected chi connectivity index (χ4v) is 3.12. The van der Waals surface area contributed by atoms with Crippen LogP contribution in [0, 0.1) is 13.8 Å². The number of aryl methyl sites for hydroxylation is 2. The van der Waals surface area contributed by atoms with Crippen molar-refractivity contribution >= 4 is 16.8 Å². The van der Waals surface area contributed by atoms with Gasteiger partial charge in [0.2, 0.25) is 0 Å². The lowest BCUT2D eigenvalue weighted by molar-refractivity contribution is -0.124. The highest BCUT2D eigenvalue weighted by atomic mass is 16.5. The van der Waals surface area contributed by atoms with Crippen molar-refractivity contribution in [2.45, 2.75) is 40.2 Å². The first kappa shape index (κ1) is 19.6. The first-order valence-electron chi connectivity index (χ1n) is 9.18. The van der Waals surface area contributed by atoms with Crippen LogP contribution in [0.1, 0.15) is 31.9 Å². The minimum Gasteiger partial charge on any atom is -0.484 e. The van der Waals surface area contributed by atoms with E-state index in [1.165, 1.54) is 0 Å². The second-order valence-electron chi connectivity index (χ2n) is 8.01. The van der Waals surface area contributed by atoms with Crippen molar-refractivity contribution in [1.82, 2.24) is 15.3 Å². The minimum absolute atomic E-state index is 0.0826. The van der Waals surface area contributed by atoms with Crippen LogP contribution in [0.15, 0.2) is 41.2 Å². The van der Waals surface area contributed by atoms with E-state index in [9.17, 15) is 9.59 Å². The molecule has 1 amide bonds. The van der Waals surface area contributed by atoms with Crippen LogP contribution in [0.4, 0.5) is 0 Å². The first-order chi connectivity index (χ1) is 13.1. The van der Waals surface area contributed by atoms with Gasteiger partial charge in [-0.15, -0.1) is 0 Å². The third-order valence-corrected chi connectivity index (χ3v) is 4.14. The highest BCUT2D eigenvalue weighted by Crippen LogP contribution is 2.23. The third-order valence-electron chi connectivity index (χ3n) is 4.14. The summed E-state index contributed by atoms with van der Waals surface area (Å²) < 4.78 is 5.60. The lowest BCUT2D eigenvalue weighted by atomic mass is 10.1. The molecule has 0 aliphatic carbocycles. The Bertz CT molecular complexity index is 1090. The number of aromatic amines is 1. The zero-order valence-corrected chi connectivity index (χ0v) is 16.8.